The van der Waals surface area contributed by atoms with Crippen LogP contribution in [0.3, 0.4) is 0 Å². The summed E-state index contributed by atoms with van der Waals surface area (Å²) < 4.78 is 62.2. The van der Waals surface area contributed by atoms with E-state index in [4.69, 9.17) is 11.6 Å². The first kappa shape index (κ1) is 25.8. The van der Waals surface area contributed by atoms with Gasteiger partial charge in [-0.2, -0.15) is 10.2 Å². The van der Waals surface area contributed by atoms with Gasteiger partial charge in [-0.25, -0.2) is 41.4 Å². The van der Waals surface area contributed by atoms with Crippen LogP contribution < -0.4 is 0 Å². The summed E-state index contributed by atoms with van der Waals surface area (Å²) in [5.41, 5.74) is 0.962. The average Bonchev–Trinajstić information content (AvgIpc) is 3.52. The minimum atomic E-state index is -0.712. The van der Waals surface area contributed by atoms with Crippen LogP contribution in [0.5, 0.6) is 0 Å². The minimum Gasteiger partial charge on any atom is -0.465 e. The summed E-state index contributed by atoms with van der Waals surface area (Å²) in [5, 5.41) is 8.39. The fourth-order valence-electron chi connectivity index (χ4n) is 3.78. The lowest BCUT2D eigenvalue weighted by Crippen LogP contribution is -2.05. The van der Waals surface area contributed by atoms with E-state index in [1.165, 1.54) is 71.3 Å². The normalized spacial score (nSPS) is 10.9. The molecule has 0 saturated heterocycles. The Morgan fingerprint density at radius 2 is 1.21 bits per heavy atom. The fraction of sp³-hybridized carbons (Fsp3) is 0.0385. The molecule has 39 heavy (non-hydrogen) atoms. The van der Waals surface area contributed by atoms with Crippen LogP contribution in [0.4, 0.5) is 17.6 Å². The topological polar surface area (TPSA) is 86.7 Å². The number of fused-ring (bicyclic) bond motifs is 2. The predicted molar refractivity (Wildman–Crippen MR) is 133 cm³/mol. The van der Waals surface area contributed by atoms with Crippen molar-refractivity contribution in [3.63, 3.8) is 0 Å². The number of hydrogen-bond acceptors (Lipinski definition) is 6. The average molecular weight is 555 g/mol. The molecule has 0 radical (unpaired) electrons. The van der Waals surface area contributed by atoms with Gasteiger partial charge in [0.15, 0.2) is 11.3 Å². The standard InChI is InChI=1S/C14H9F2N3O2.C12H6ClF2N3/c1-21-14(20)8-5-12-17-7-11(19(12)18-6-8)13-9(15)3-2-4-10(13)16;13-7-4-11-16-6-10(18(11)17-5-7)12-8(14)2-1-3-9(12)15/h2-7H,1H3;1-6H. The summed E-state index contributed by atoms with van der Waals surface area (Å²) >= 11 is 5.77. The maximum absolute atomic E-state index is 13.8. The number of nitrogens with zero attached hydrogens (tertiary/aromatic N) is 6. The van der Waals surface area contributed by atoms with Crippen molar-refractivity contribution >= 4 is 28.9 Å². The monoisotopic (exact) mass is 554 g/mol. The maximum Gasteiger partial charge on any atom is 0.339 e. The lowest BCUT2D eigenvalue weighted by molar-refractivity contribution is 0.0600. The Kier molecular flexibility index (Phi) is 6.94. The van der Waals surface area contributed by atoms with Crippen molar-refractivity contribution in [1.29, 1.82) is 0 Å². The number of carbonyl (C=O) groups is 1. The van der Waals surface area contributed by atoms with E-state index in [0.717, 1.165) is 12.1 Å². The predicted octanol–water partition coefficient (Wildman–Crippen LogP) is 5.79. The van der Waals surface area contributed by atoms with Gasteiger partial charge in [0.1, 0.15) is 23.3 Å². The van der Waals surface area contributed by atoms with E-state index in [9.17, 15) is 22.4 Å². The second kappa shape index (κ2) is 10.5. The smallest absolute Gasteiger partial charge is 0.339 e. The zero-order valence-corrected chi connectivity index (χ0v) is 20.6. The van der Waals surface area contributed by atoms with Gasteiger partial charge in [0, 0.05) is 6.07 Å². The number of ether oxygens (including phenoxy) is 1. The molecule has 0 saturated carbocycles. The van der Waals surface area contributed by atoms with Crippen molar-refractivity contribution in [2.45, 2.75) is 0 Å². The molecule has 0 unspecified atom stereocenters. The van der Waals surface area contributed by atoms with Crippen molar-refractivity contribution in [2.24, 2.45) is 0 Å². The van der Waals surface area contributed by atoms with E-state index >= 15 is 0 Å². The number of imidazole rings is 2. The third kappa shape index (κ3) is 4.89. The number of esters is 1. The molecular weight excluding hydrogens is 540 g/mol. The van der Waals surface area contributed by atoms with E-state index in [0.29, 0.717) is 10.7 Å². The Hall–Kier alpha value is -4.84. The van der Waals surface area contributed by atoms with E-state index < -0.39 is 29.2 Å². The van der Waals surface area contributed by atoms with Crippen molar-refractivity contribution in [1.82, 2.24) is 29.2 Å². The first-order valence-corrected chi connectivity index (χ1v) is 11.5. The Balaban J connectivity index is 0.000000160. The van der Waals surface area contributed by atoms with Crippen molar-refractivity contribution < 1.29 is 27.1 Å². The molecule has 6 aromatic rings. The highest BCUT2D eigenvalue weighted by atomic mass is 35.5. The number of aromatic nitrogens is 6. The highest BCUT2D eigenvalue weighted by molar-refractivity contribution is 6.30. The van der Waals surface area contributed by atoms with Gasteiger partial charge in [0.2, 0.25) is 0 Å². The van der Waals surface area contributed by atoms with Gasteiger partial charge in [-0.15, -0.1) is 0 Å². The van der Waals surface area contributed by atoms with Gasteiger partial charge in [-0.1, -0.05) is 23.7 Å². The number of hydrogen-bond donors (Lipinski definition) is 0. The zero-order valence-electron chi connectivity index (χ0n) is 19.8. The highest BCUT2D eigenvalue weighted by Crippen LogP contribution is 2.27. The largest absolute Gasteiger partial charge is 0.465 e. The van der Waals surface area contributed by atoms with Crippen LogP contribution in [-0.4, -0.2) is 42.3 Å². The van der Waals surface area contributed by atoms with Crippen molar-refractivity contribution in [2.75, 3.05) is 7.11 Å². The van der Waals surface area contributed by atoms with E-state index in [-0.39, 0.29) is 33.7 Å². The third-order valence-corrected chi connectivity index (χ3v) is 5.75. The van der Waals surface area contributed by atoms with Gasteiger partial charge in [-0.05, 0) is 30.3 Å². The maximum atomic E-state index is 13.8. The van der Waals surface area contributed by atoms with E-state index in [1.54, 1.807) is 6.07 Å². The molecule has 0 aliphatic heterocycles. The van der Waals surface area contributed by atoms with Gasteiger partial charge in [-0.3, -0.25) is 0 Å². The molecule has 0 aliphatic carbocycles. The molecule has 0 N–H and O–H groups in total. The van der Waals surface area contributed by atoms with Crippen molar-refractivity contribution in [3.8, 4) is 22.5 Å². The quantitative estimate of drug-likeness (QED) is 0.203. The molecule has 4 heterocycles. The van der Waals surface area contributed by atoms with Crippen LogP contribution >= 0.6 is 11.6 Å². The van der Waals surface area contributed by atoms with Crippen LogP contribution in [0.15, 0.2) is 73.3 Å². The summed E-state index contributed by atoms with van der Waals surface area (Å²) in [7, 11) is 1.25. The zero-order chi connectivity index (χ0) is 27.7. The summed E-state index contributed by atoms with van der Waals surface area (Å²) in [4.78, 5) is 19.5. The van der Waals surface area contributed by atoms with Crippen LogP contribution in [0.2, 0.25) is 5.02 Å². The first-order chi connectivity index (χ1) is 18.8. The van der Waals surface area contributed by atoms with Gasteiger partial charge >= 0.3 is 5.97 Å². The molecule has 0 bridgehead atoms. The molecule has 13 heteroatoms. The van der Waals surface area contributed by atoms with Crippen LogP contribution in [-0.2, 0) is 4.74 Å². The summed E-state index contributed by atoms with van der Waals surface area (Å²) in [6, 6.07) is 10.3. The summed E-state index contributed by atoms with van der Waals surface area (Å²) in [5.74, 6) is -3.31. The molecule has 2 aromatic carbocycles. The Bertz CT molecular complexity index is 1820. The molecule has 4 aromatic heterocycles. The van der Waals surface area contributed by atoms with Crippen LogP contribution in [0, 0.1) is 23.3 Å². The first-order valence-electron chi connectivity index (χ1n) is 11.1. The lowest BCUT2D eigenvalue weighted by Gasteiger charge is -2.04. The number of methoxy groups -OCH3 is 1. The molecule has 0 fully saturated rings. The molecule has 0 spiro atoms. The number of halogens is 5. The molecule has 0 amide bonds. The van der Waals surface area contributed by atoms with Crippen LogP contribution in [0.1, 0.15) is 10.4 Å². The second-order valence-corrected chi connectivity index (χ2v) is 8.37. The SMILES string of the molecule is COC(=O)c1cnn2c(-c3c(F)cccc3F)cnc2c1.Fc1cccc(F)c1-c1cnc2cc(Cl)cnn12. The molecule has 8 nitrogen and oxygen atoms in total. The number of carbonyl (C=O) groups excluding carboxylic acids is 1. The molecule has 0 atom stereocenters. The van der Waals surface area contributed by atoms with E-state index in [1.807, 2.05) is 0 Å². The number of benzene rings is 2. The number of rotatable bonds is 3. The lowest BCUT2D eigenvalue weighted by atomic mass is 10.1. The van der Waals surface area contributed by atoms with Crippen LogP contribution in [0.25, 0.3) is 33.8 Å². The summed E-state index contributed by atoms with van der Waals surface area (Å²) in [6.45, 7) is 0. The summed E-state index contributed by atoms with van der Waals surface area (Å²) in [6.07, 6.45) is 5.30. The Morgan fingerprint density at radius 3 is 1.69 bits per heavy atom. The van der Waals surface area contributed by atoms with E-state index in [2.05, 4.69) is 24.9 Å². The molecule has 6 rings (SSSR count). The molecule has 0 aliphatic rings. The Labute approximate surface area is 222 Å². The highest BCUT2D eigenvalue weighted by Gasteiger charge is 2.18. The Morgan fingerprint density at radius 1 is 0.744 bits per heavy atom. The molecular formula is C26H15ClF4N6O2. The van der Waals surface area contributed by atoms with Crippen molar-refractivity contribution in [3.05, 3.63) is 107 Å². The van der Waals surface area contributed by atoms with Gasteiger partial charge in [0.25, 0.3) is 0 Å². The third-order valence-electron chi connectivity index (χ3n) is 5.55. The van der Waals surface area contributed by atoms with Gasteiger partial charge in [0.05, 0.1) is 65.0 Å². The fourth-order valence-corrected chi connectivity index (χ4v) is 3.93. The molecule has 196 valence electrons. The minimum absolute atomic E-state index is 0.153. The van der Waals surface area contributed by atoms with Gasteiger partial charge < -0.3 is 4.74 Å². The second-order valence-electron chi connectivity index (χ2n) is 7.93.